The Bertz CT molecular complexity index is 1140. The van der Waals surface area contributed by atoms with E-state index in [1.54, 1.807) is 0 Å². The van der Waals surface area contributed by atoms with Crippen molar-refractivity contribution in [3.63, 3.8) is 0 Å². The molecule has 0 saturated carbocycles. The Balaban J connectivity index is 3.35. The predicted molar refractivity (Wildman–Crippen MR) is 320 cm³/mol. The molecule has 3 N–H and O–H groups in total. The van der Waals surface area contributed by atoms with Crippen LogP contribution in [0.4, 0.5) is 0 Å². The number of amides is 1. The maximum absolute atomic E-state index is 12.5. The lowest BCUT2D eigenvalue weighted by molar-refractivity contribution is -0.143. The van der Waals surface area contributed by atoms with Crippen molar-refractivity contribution in [3.05, 3.63) is 24.3 Å². The quantitative estimate of drug-likeness (QED) is 0.0320. The molecule has 1 amide bonds. The van der Waals surface area contributed by atoms with Crippen LogP contribution >= 0.6 is 0 Å². The van der Waals surface area contributed by atoms with Crippen molar-refractivity contribution in [2.45, 2.75) is 379 Å². The average Bonchev–Trinajstić information content (AvgIpc) is 3.39. The molecule has 0 spiro atoms. The lowest BCUT2D eigenvalue weighted by Gasteiger charge is -2.22. The molecule has 73 heavy (non-hydrogen) atoms. The zero-order valence-corrected chi connectivity index (χ0v) is 49.4. The lowest BCUT2D eigenvalue weighted by atomic mass is 10.0. The van der Waals surface area contributed by atoms with E-state index in [9.17, 15) is 19.8 Å². The normalized spacial score (nSPS) is 12.7. The van der Waals surface area contributed by atoms with Gasteiger partial charge in [-0.15, -0.1) is 0 Å². The van der Waals surface area contributed by atoms with Gasteiger partial charge in [0.25, 0.3) is 0 Å². The van der Waals surface area contributed by atoms with Crippen LogP contribution in [0.1, 0.15) is 367 Å². The van der Waals surface area contributed by atoms with Gasteiger partial charge in [0, 0.05) is 12.8 Å². The van der Waals surface area contributed by atoms with Gasteiger partial charge in [-0.05, 0) is 77.0 Å². The minimum atomic E-state index is -0.663. The van der Waals surface area contributed by atoms with Crippen LogP contribution in [0.3, 0.4) is 0 Å². The van der Waals surface area contributed by atoms with Crippen LogP contribution < -0.4 is 5.32 Å². The molecular weight excluding hydrogens is 899 g/mol. The summed E-state index contributed by atoms with van der Waals surface area (Å²) in [6, 6.07) is -0.540. The number of carbonyl (C=O) groups excluding carboxylic acids is 2. The van der Waals surface area contributed by atoms with E-state index < -0.39 is 12.1 Å². The largest absolute Gasteiger partial charge is 0.466 e. The third-order valence-corrected chi connectivity index (χ3v) is 15.5. The lowest BCUT2D eigenvalue weighted by Crippen LogP contribution is -2.45. The maximum atomic E-state index is 12.5. The van der Waals surface area contributed by atoms with Gasteiger partial charge in [-0.1, -0.05) is 301 Å². The number of hydrogen-bond donors (Lipinski definition) is 3. The van der Waals surface area contributed by atoms with E-state index in [0.717, 1.165) is 44.9 Å². The van der Waals surface area contributed by atoms with E-state index in [-0.39, 0.29) is 18.5 Å². The molecule has 432 valence electrons. The van der Waals surface area contributed by atoms with Crippen molar-refractivity contribution in [3.8, 4) is 0 Å². The summed E-state index contributed by atoms with van der Waals surface area (Å²) in [5.41, 5.74) is 0. The molecule has 6 nitrogen and oxygen atoms in total. The van der Waals surface area contributed by atoms with Crippen molar-refractivity contribution >= 4 is 11.9 Å². The van der Waals surface area contributed by atoms with Crippen LogP contribution in [-0.4, -0.2) is 47.4 Å². The van der Waals surface area contributed by atoms with Crippen molar-refractivity contribution in [2.75, 3.05) is 13.2 Å². The van der Waals surface area contributed by atoms with Crippen LogP contribution in [-0.2, 0) is 14.3 Å². The van der Waals surface area contributed by atoms with Gasteiger partial charge >= 0.3 is 5.97 Å². The van der Waals surface area contributed by atoms with Gasteiger partial charge < -0.3 is 20.3 Å². The summed E-state index contributed by atoms with van der Waals surface area (Å²) in [7, 11) is 0. The Labute approximate surface area is 456 Å². The molecular formula is C67H129NO5. The van der Waals surface area contributed by atoms with Crippen molar-refractivity contribution < 1.29 is 24.5 Å². The second-order valence-electron chi connectivity index (χ2n) is 22.8. The van der Waals surface area contributed by atoms with E-state index in [2.05, 4.69) is 43.5 Å². The number of allylic oxidation sites excluding steroid dienone is 4. The number of hydrogen-bond acceptors (Lipinski definition) is 5. The highest BCUT2D eigenvalue weighted by Crippen LogP contribution is 2.18. The number of carbonyl (C=O) groups is 2. The number of unbranched alkanes of at least 4 members (excludes halogenated alkanes) is 47. The SMILES string of the molecule is CCCCCCCCC/C=C\CCCCCCCC(=O)OCCCCCCCCCCCCCC/C=C\CCCCCCCCCCCCCCC(=O)NC(CO)C(O)CCCCCCCCCCCCCC. The highest BCUT2D eigenvalue weighted by atomic mass is 16.5. The number of nitrogens with one attached hydrogen (secondary N) is 1. The van der Waals surface area contributed by atoms with Crippen LogP contribution in [0, 0.1) is 0 Å². The summed E-state index contributed by atoms with van der Waals surface area (Å²) in [5.74, 6) is -0.0251. The summed E-state index contributed by atoms with van der Waals surface area (Å²) < 4.78 is 5.49. The molecule has 0 heterocycles. The van der Waals surface area contributed by atoms with E-state index in [1.165, 1.54) is 289 Å². The van der Waals surface area contributed by atoms with Crippen LogP contribution in [0.2, 0.25) is 0 Å². The first-order valence-corrected chi connectivity index (χ1v) is 33.1. The average molecular weight is 1030 g/mol. The Morgan fingerprint density at radius 1 is 0.370 bits per heavy atom. The van der Waals surface area contributed by atoms with Gasteiger partial charge in [0.15, 0.2) is 0 Å². The number of ether oxygens (including phenoxy) is 1. The molecule has 2 unspecified atom stereocenters. The molecule has 0 fully saturated rings. The van der Waals surface area contributed by atoms with Crippen molar-refractivity contribution in [1.29, 1.82) is 0 Å². The number of esters is 1. The third kappa shape index (κ3) is 59.4. The van der Waals surface area contributed by atoms with E-state index in [0.29, 0.717) is 25.9 Å². The van der Waals surface area contributed by atoms with Gasteiger partial charge in [0.1, 0.15) is 0 Å². The second-order valence-corrected chi connectivity index (χ2v) is 22.8. The Morgan fingerprint density at radius 2 is 0.644 bits per heavy atom. The molecule has 0 saturated heterocycles. The Kier molecular flexibility index (Phi) is 61.4. The first-order chi connectivity index (χ1) is 36.0. The summed E-state index contributed by atoms with van der Waals surface area (Å²) in [5, 5.41) is 23.2. The minimum absolute atomic E-state index is 0.00887. The Morgan fingerprint density at radius 3 is 0.973 bits per heavy atom. The topological polar surface area (TPSA) is 95.9 Å². The first-order valence-electron chi connectivity index (χ1n) is 33.1. The molecule has 0 aromatic carbocycles. The van der Waals surface area contributed by atoms with E-state index >= 15 is 0 Å². The highest BCUT2D eigenvalue weighted by molar-refractivity contribution is 5.76. The summed E-state index contributed by atoms with van der Waals surface area (Å²) in [6.07, 6.45) is 77.8. The first kappa shape index (κ1) is 71.3. The number of rotatable bonds is 62. The standard InChI is InChI=1S/C67H129NO5/c1-3-5-7-9-11-13-15-17-18-34-37-41-45-49-53-57-61-67(72)73-62-58-54-50-46-42-38-35-32-30-28-26-24-22-20-19-21-23-25-27-29-31-33-36-40-44-48-52-56-60-66(71)68-64(63-69)65(70)59-55-51-47-43-39-16-14-12-10-8-6-4-2/h18-20,34,64-65,69-70H,3-17,21-33,35-63H2,1-2H3,(H,68,71)/b20-19-,34-18-. The summed E-state index contributed by atoms with van der Waals surface area (Å²) in [6.45, 7) is 4.96. The van der Waals surface area contributed by atoms with Crippen molar-refractivity contribution in [2.24, 2.45) is 0 Å². The predicted octanol–water partition coefficient (Wildman–Crippen LogP) is 21.0. The zero-order valence-electron chi connectivity index (χ0n) is 49.4. The number of aliphatic hydroxyl groups excluding tert-OH is 2. The molecule has 0 aliphatic carbocycles. The molecule has 0 aromatic rings. The molecule has 0 aliphatic heterocycles. The third-order valence-electron chi connectivity index (χ3n) is 15.5. The fourth-order valence-electron chi connectivity index (χ4n) is 10.4. The maximum Gasteiger partial charge on any atom is 0.305 e. The molecule has 0 radical (unpaired) electrons. The van der Waals surface area contributed by atoms with Crippen LogP contribution in [0.25, 0.3) is 0 Å². The molecule has 0 aromatic heterocycles. The zero-order chi connectivity index (χ0) is 52.9. The monoisotopic (exact) mass is 1030 g/mol. The fourth-order valence-corrected chi connectivity index (χ4v) is 10.4. The van der Waals surface area contributed by atoms with Gasteiger partial charge in [-0.3, -0.25) is 9.59 Å². The summed E-state index contributed by atoms with van der Waals surface area (Å²) >= 11 is 0. The van der Waals surface area contributed by atoms with E-state index in [4.69, 9.17) is 4.74 Å². The van der Waals surface area contributed by atoms with Gasteiger partial charge in [-0.2, -0.15) is 0 Å². The molecule has 2 atom stereocenters. The second kappa shape index (κ2) is 62.9. The molecule has 0 rings (SSSR count). The van der Waals surface area contributed by atoms with Crippen molar-refractivity contribution in [1.82, 2.24) is 5.32 Å². The Hall–Kier alpha value is -1.66. The smallest absolute Gasteiger partial charge is 0.305 e. The molecule has 6 heteroatoms. The summed E-state index contributed by atoms with van der Waals surface area (Å²) in [4.78, 5) is 24.5. The van der Waals surface area contributed by atoms with Crippen LogP contribution in [0.5, 0.6) is 0 Å². The van der Waals surface area contributed by atoms with E-state index in [1.807, 2.05) is 0 Å². The van der Waals surface area contributed by atoms with Crippen LogP contribution in [0.15, 0.2) is 24.3 Å². The van der Waals surface area contributed by atoms with Gasteiger partial charge in [0.2, 0.25) is 5.91 Å². The molecule has 0 aliphatic rings. The molecule has 0 bridgehead atoms. The minimum Gasteiger partial charge on any atom is -0.466 e. The number of aliphatic hydroxyl groups is 2. The van der Waals surface area contributed by atoms with Gasteiger partial charge in [0.05, 0.1) is 25.4 Å². The highest BCUT2D eigenvalue weighted by Gasteiger charge is 2.20. The van der Waals surface area contributed by atoms with Gasteiger partial charge in [-0.25, -0.2) is 0 Å². The fraction of sp³-hybridized carbons (Fsp3) is 0.910.